The highest BCUT2D eigenvalue weighted by atomic mass is 16.2. The summed E-state index contributed by atoms with van der Waals surface area (Å²) in [6.07, 6.45) is 7.48. The topological polar surface area (TPSA) is 84.2 Å². The summed E-state index contributed by atoms with van der Waals surface area (Å²) in [5, 5.41) is 4.10. The van der Waals surface area contributed by atoms with Crippen LogP contribution in [0.3, 0.4) is 0 Å². The van der Waals surface area contributed by atoms with Crippen LogP contribution in [0, 0.1) is 5.41 Å². The van der Waals surface area contributed by atoms with Gasteiger partial charge in [0.2, 0.25) is 11.7 Å². The minimum Gasteiger partial charge on any atom is -0.338 e. The minimum atomic E-state index is -0.467. The first-order chi connectivity index (χ1) is 12.6. The maximum atomic E-state index is 13.1. The highest BCUT2D eigenvalue weighted by Crippen LogP contribution is 2.40. The van der Waals surface area contributed by atoms with Crippen LogP contribution in [0.25, 0.3) is 0 Å². The van der Waals surface area contributed by atoms with Crippen molar-refractivity contribution in [2.45, 2.75) is 25.8 Å². The van der Waals surface area contributed by atoms with Gasteiger partial charge in [0.25, 0.3) is 5.91 Å². The normalized spacial score (nSPS) is 23.0. The largest absolute Gasteiger partial charge is 0.338 e. The van der Waals surface area contributed by atoms with Crippen molar-refractivity contribution in [2.24, 2.45) is 12.5 Å². The highest BCUT2D eigenvalue weighted by Gasteiger charge is 2.49. The molecule has 0 aliphatic carbocycles. The molecule has 0 bridgehead atoms. The van der Waals surface area contributed by atoms with Gasteiger partial charge in [-0.25, -0.2) is 4.98 Å². The second kappa shape index (κ2) is 6.51. The zero-order valence-electron chi connectivity index (χ0n) is 14.8. The van der Waals surface area contributed by atoms with Crippen LogP contribution in [-0.2, 0) is 18.4 Å². The van der Waals surface area contributed by atoms with E-state index in [1.54, 1.807) is 24.3 Å². The number of nitrogens with zero attached hydrogens (tertiary/aromatic N) is 6. The molecule has 8 nitrogen and oxygen atoms in total. The lowest BCUT2D eigenvalue weighted by Crippen LogP contribution is -2.50. The van der Waals surface area contributed by atoms with Crippen LogP contribution >= 0.6 is 0 Å². The Morgan fingerprint density at radius 1 is 1.31 bits per heavy atom. The summed E-state index contributed by atoms with van der Waals surface area (Å²) < 4.78 is 1.52. The van der Waals surface area contributed by atoms with Crippen molar-refractivity contribution in [3.8, 4) is 0 Å². The number of hydrogen-bond donors (Lipinski definition) is 0. The lowest BCUT2D eigenvalue weighted by atomic mass is 9.78. The van der Waals surface area contributed by atoms with Crippen molar-refractivity contribution in [3.63, 3.8) is 0 Å². The number of piperidine rings is 1. The number of pyridine rings is 1. The van der Waals surface area contributed by atoms with Crippen molar-refractivity contribution in [2.75, 3.05) is 19.6 Å². The molecular formula is C18H22N6O2. The summed E-state index contributed by atoms with van der Waals surface area (Å²) in [4.78, 5) is 37.6. The fourth-order valence-electron chi connectivity index (χ4n) is 4.02. The third-order valence-corrected chi connectivity index (χ3v) is 5.35. The first-order valence-electron chi connectivity index (χ1n) is 8.91. The Morgan fingerprint density at radius 2 is 2.19 bits per heavy atom. The van der Waals surface area contributed by atoms with Crippen molar-refractivity contribution in [1.29, 1.82) is 0 Å². The summed E-state index contributed by atoms with van der Waals surface area (Å²) in [7, 11) is 1.73. The van der Waals surface area contributed by atoms with E-state index in [1.165, 1.54) is 11.0 Å². The van der Waals surface area contributed by atoms with Crippen LogP contribution in [0.15, 0.2) is 30.9 Å². The molecule has 2 aromatic rings. The molecule has 1 atom stereocenters. The molecule has 0 aromatic carbocycles. The van der Waals surface area contributed by atoms with Crippen LogP contribution in [0.5, 0.6) is 0 Å². The minimum absolute atomic E-state index is 0.146. The second-order valence-corrected chi connectivity index (χ2v) is 7.19. The fraction of sp³-hybridized carbons (Fsp3) is 0.500. The van der Waals surface area contributed by atoms with Gasteiger partial charge in [-0.2, -0.15) is 0 Å². The number of hydrogen-bond acceptors (Lipinski definition) is 5. The maximum absolute atomic E-state index is 13.1. The summed E-state index contributed by atoms with van der Waals surface area (Å²) in [6.45, 7) is 2.39. The molecule has 2 aliphatic heterocycles. The monoisotopic (exact) mass is 354 g/mol. The first kappa shape index (κ1) is 16.7. The molecule has 2 aromatic heterocycles. The van der Waals surface area contributed by atoms with E-state index in [9.17, 15) is 9.59 Å². The molecule has 2 aliphatic rings. The Morgan fingerprint density at radius 3 is 2.92 bits per heavy atom. The van der Waals surface area contributed by atoms with Gasteiger partial charge in [-0.1, -0.05) is 6.07 Å². The van der Waals surface area contributed by atoms with Crippen molar-refractivity contribution in [1.82, 2.24) is 29.5 Å². The van der Waals surface area contributed by atoms with E-state index in [-0.39, 0.29) is 17.6 Å². The summed E-state index contributed by atoms with van der Waals surface area (Å²) >= 11 is 0. The third-order valence-electron chi connectivity index (χ3n) is 5.35. The predicted molar refractivity (Wildman–Crippen MR) is 92.8 cm³/mol. The summed E-state index contributed by atoms with van der Waals surface area (Å²) in [5.41, 5.74) is 0.560. The zero-order chi connectivity index (χ0) is 18.1. The average molecular weight is 354 g/mol. The standard InChI is InChI=1S/C18H22N6O2/c1-22-13-20-15(21-22)16(25)24-8-3-5-18(12-24)6-9-23(17(18)26)11-14-4-2-7-19-10-14/h2,4,7,10,13H,3,5-6,8-9,11-12H2,1H3. The van der Waals surface area contributed by atoms with Crippen LogP contribution in [-0.4, -0.2) is 61.0 Å². The van der Waals surface area contributed by atoms with E-state index in [0.717, 1.165) is 31.4 Å². The maximum Gasteiger partial charge on any atom is 0.293 e. The van der Waals surface area contributed by atoms with Gasteiger partial charge in [0.15, 0.2) is 0 Å². The Kier molecular flexibility index (Phi) is 4.18. The predicted octanol–water partition coefficient (Wildman–Crippen LogP) is 0.865. The van der Waals surface area contributed by atoms with Gasteiger partial charge in [-0.15, -0.1) is 5.10 Å². The number of amides is 2. The first-order valence-corrected chi connectivity index (χ1v) is 8.91. The summed E-state index contributed by atoms with van der Waals surface area (Å²) in [5.74, 6) is 0.151. The number of rotatable bonds is 3. The highest BCUT2D eigenvalue weighted by molar-refractivity contribution is 5.92. The number of aryl methyl sites for hydroxylation is 1. The molecule has 26 heavy (non-hydrogen) atoms. The molecule has 1 unspecified atom stereocenters. The van der Waals surface area contributed by atoms with Gasteiger partial charge in [-0.3, -0.25) is 19.3 Å². The van der Waals surface area contributed by atoms with Crippen LogP contribution in [0.1, 0.15) is 35.4 Å². The van der Waals surface area contributed by atoms with Crippen LogP contribution in [0.2, 0.25) is 0 Å². The molecule has 1 spiro atoms. The lowest BCUT2D eigenvalue weighted by molar-refractivity contribution is -0.138. The van der Waals surface area contributed by atoms with Crippen LogP contribution < -0.4 is 0 Å². The Labute approximate surface area is 151 Å². The van der Waals surface area contributed by atoms with Gasteiger partial charge in [0.1, 0.15) is 6.33 Å². The Bertz CT molecular complexity index is 820. The van der Waals surface area contributed by atoms with Gasteiger partial charge in [0.05, 0.1) is 5.41 Å². The molecule has 2 amide bonds. The molecule has 0 saturated carbocycles. The molecule has 4 rings (SSSR count). The van der Waals surface area contributed by atoms with Gasteiger partial charge >= 0.3 is 0 Å². The molecule has 4 heterocycles. The van der Waals surface area contributed by atoms with Gasteiger partial charge < -0.3 is 9.80 Å². The Balaban J connectivity index is 1.48. The van der Waals surface area contributed by atoms with E-state index in [1.807, 2.05) is 17.0 Å². The van der Waals surface area contributed by atoms with E-state index in [2.05, 4.69) is 15.1 Å². The number of carbonyl (C=O) groups excluding carboxylic acids is 2. The van der Waals surface area contributed by atoms with Crippen molar-refractivity contribution >= 4 is 11.8 Å². The average Bonchev–Trinajstić information content (AvgIpc) is 3.22. The summed E-state index contributed by atoms with van der Waals surface area (Å²) in [6, 6.07) is 3.86. The van der Waals surface area contributed by atoms with E-state index < -0.39 is 5.41 Å². The van der Waals surface area contributed by atoms with E-state index in [4.69, 9.17) is 0 Å². The fourth-order valence-corrected chi connectivity index (χ4v) is 4.02. The lowest BCUT2D eigenvalue weighted by Gasteiger charge is -2.38. The molecule has 8 heteroatoms. The SMILES string of the molecule is Cn1cnc(C(=O)N2CCCC3(CCN(Cc4cccnc4)C3=O)C2)n1. The molecule has 136 valence electrons. The third kappa shape index (κ3) is 2.95. The number of carbonyl (C=O) groups is 2. The smallest absolute Gasteiger partial charge is 0.293 e. The quantitative estimate of drug-likeness (QED) is 0.816. The molecule has 2 fully saturated rings. The molecular weight excluding hydrogens is 332 g/mol. The molecule has 2 saturated heterocycles. The van der Waals surface area contributed by atoms with Crippen molar-refractivity contribution < 1.29 is 9.59 Å². The molecule has 0 radical (unpaired) electrons. The van der Waals surface area contributed by atoms with E-state index >= 15 is 0 Å². The zero-order valence-corrected chi connectivity index (χ0v) is 14.8. The van der Waals surface area contributed by atoms with E-state index in [0.29, 0.717) is 19.6 Å². The molecule has 0 N–H and O–H groups in total. The van der Waals surface area contributed by atoms with Crippen LogP contribution in [0.4, 0.5) is 0 Å². The van der Waals surface area contributed by atoms with Crippen molar-refractivity contribution in [3.05, 3.63) is 42.2 Å². The van der Waals surface area contributed by atoms with Gasteiger partial charge in [-0.05, 0) is 30.9 Å². The Hall–Kier alpha value is -2.77. The number of likely N-dealkylation sites (tertiary alicyclic amines) is 2. The number of aromatic nitrogens is 4. The van der Waals surface area contributed by atoms with Gasteiger partial charge in [0, 0.05) is 45.6 Å². The second-order valence-electron chi connectivity index (χ2n) is 7.19.